The summed E-state index contributed by atoms with van der Waals surface area (Å²) in [5.41, 5.74) is 0.961. The van der Waals surface area contributed by atoms with Crippen molar-refractivity contribution in [3.05, 3.63) is 35.9 Å². The van der Waals surface area contributed by atoms with Crippen LogP contribution in [-0.4, -0.2) is 5.24 Å². The largest absolute Gasteiger partial charge is 0.281 e. The number of hydrogen-bond donors (Lipinski definition) is 0. The van der Waals surface area contributed by atoms with Gasteiger partial charge in [-0.2, -0.15) is 0 Å². The lowest BCUT2D eigenvalue weighted by Crippen LogP contribution is -1.91. The molecule has 0 spiro atoms. The van der Waals surface area contributed by atoms with Crippen molar-refractivity contribution in [2.75, 3.05) is 0 Å². The summed E-state index contributed by atoms with van der Waals surface area (Å²) >= 11 is 5.17. The maximum absolute atomic E-state index is 10.4. The van der Waals surface area contributed by atoms with Crippen LogP contribution in [0.15, 0.2) is 30.3 Å². The summed E-state index contributed by atoms with van der Waals surface area (Å²) in [7, 11) is 0. The molecule has 10 heavy (non-hydrogen) atoms. The molecule has 0 heterocycles. The quantitative estimate of drug-likeness (QED) is 0.599. The predicted molar refractivity (Wildman–Crippen MR) is 41.0 cm³/mol. The molecule has 0 radical (unpaired) electrons. The van der Waals surface area contributed by atoms with Crippen molar-refractivity contribution in [3.63, 3.8) is 0 Å². The second-order valence-corrected chi connectivity index (χ2v) is 2.44. The molecule has 0 amide bonds. The number of rotatable bonds is 2. The fourth-order valence-electron chi connectivity index (χ4n) is 0.756. The van der Waals surface area contributed by atoms with E-state index in [-0.39, 0.29) is 5.24 Å². The summed E-state index contributed by atoms with van der Waals surface area (Å²) in [6.45, 7) is 0. The van der Waals surface area contributed by atoms with E-state index in [1.165, 1.54) is 0 Å². The molecule has 0 aromatic heterocycles. The van der Waals surface area contributed by atoms with Crippen LogP contribution in [0.4, 0.5) is 0 Å². The minimum Gasteiger partial charge on any atom is -0.281 e. The highest BCUT2D eigenvalue weighted by molar-refractivity contribution is 6.63. The van der Waals surface area contributed by atoms with Crippen LogP contribution in [0, 0.1) is 0 Å². The Kier molecular flexibility index (Phi) is 2.46. The van der Waals surface area contributed by atoms with Crippen molar-refractivity contribution in [2.24, 2.45) is 0 Å². The SMILES string of the molecule is O=[14C](Cl)Cc1ccccc1. The Morgan fingerprint density at radius 1 is 1.30 bits per heavy atom. The molecule has 0 unspecified atom stereocenters. The average Bonchev–Trinajstić information content (AvgIpc) is 1.88. The zero-order valence-electron chi connectivity index (χ0n) is 5.38. The van der Waals surface area contributed by atoms with Crippen molar-refractivity contribution >= 4 is 16.8 Å². The molecule has 1 aromatic rings. The first-order valence-corrected chi connectivity index (χ1v) is 3.39. The van der Waals surface area contributed by atoms with Gasteiger partial charge < -0.3 is 0 Å². The number of benzene rings is 1. The van der Waals surface area contributed by atoms with Gasteiger partial charge in [0.05, 0.1) is 0 Å². The lowest BCUT2D eigenvalue weighted by Gasteiger charge is -1.92. The van der Waals surface area contributed by atoms with Gasteiger partial charge >= 0.3 is 0 Å². The van der Waals surface area contributed by atoms with Crippen LogP contribution in [0.2, 0.25) is 0 Å². The molecule has 0 saturated carbocycles. The van der Waals surface area contributed by atoms with Crippen LogP contribution in [0.1, 0.15) is 5.56 Å². The Labute approximate surface area is 64.6 Å². The standard InChI is InChI=1S/C8H7ClO/c9-8(10)6-7-4-2-1-3-5-7/h1-5H,6H2/i8+2. The zero-order chi connectivity index (χ0) is 7.40. The zero-order valence-corrected chi connectivity index (χ0v) is 6.14. The molecule has 0 atom stereocenters. The lowest BCUT2D eigenvalue weighted by atomic mass is 10.2. The maximum atomic E-state index is 10.4. The number of carbonyl (C=O) groups excluding carboxylic acids is 1. The highest BCUT2D eigenvalue weighted by Crippen LogP contribution is 2.00. The first-order valence-electron chi connectivity index (χ1n) is 3.01. The van der Waals surface area contributed by atoms with E-state index in [4.69, 9.17) is 11.6 Å². The molecule has 0 N–H and O–H groups in total. The summed E-state index contributed by atoms with van der Waals surface area (Å²) in [4.78, 5) is 10.4. The fraction of sp³-hybridized carbons (Fsp3) is 0.125. The molecule has 1 aromatic carbocycles. The molecule has 0 fully saturated rings. The van der Waals surface area contributed by atoms with Crippen molar-refractivity contribution in [1.82, 2.24) is 0 Å². The molecular weight excluding hydrogens is 150 g/mol. The van der Waals surface area contributed by atoms with E-state index in [1.54, 1.807) is 0 Å². The Balaban J connectivity index is 2.67. The van der Waals surface area contributed by atoms with Gasteiger partial charge in [-0.15, -0.1) is 0 Å². The number of halogens is 1. The molecule has 0 saturated heterocycles. The molecule has 0 aliphatic heterocycles. The monoisotopic (exact) mass is 156 g/mol. The second-order valence-electron chi connectivity index (χ2n) is 2.02. The van der Waals surface area contributed by atoms with Gasteiger partial charge in [0.25, 0.3) is 0 Å². The van der Waals surface area contributed by atoms with Gasteiger partial charge in [0.1, 0.15) is 0 Å². The van der Waals surface area contributed by atoms with Gasteiger partial charge in [0.15, 0.2) is 0 Å². The summed E-state index contributed by atoms with van der Waals surface area (Å²) in [5, 5.41) is -0.314. The maximum Gasteiger partial charge on any atom is 0.226 e. The van der Waals surface area contributed by atoms with Gasteiger partial charge in [-0.1, -0.05) is 30.3 Å². The summed E-state index contributed by atoms with van der Waals surface area (Å²) in [5.74, 6) is 0. The molecule has 1 nitrogen and oxygen atoms in total. The Bertz CT molecular complexity index is 218. The van der Waals surface area contributed by atoms with Crippen LogP contribution in [-0.2, 0) is 11.2 Å². The lowest BCUT2D eigenvalue weighted by molar-refractivity contribution is -0.111. The van der Waals surface area contributed by atoms with Gasteiger partial charge in [-0.3, -0.25) is 4.79 Å². The summed E-state index contributed by atoms with van der Waals surface area (Å²) in [6, 6.07) is 9.42. The van der Waals surface area contributed by atoms with E-state index in [9.17, 15) is 4.79 Å². The highest BCUT2D eigenvalue weighted by atomic mass is 35.5. The van der Waals surface area contributed by atoms with E-state index >= 15 is 0 Å². The first-order chi connectivity index (χ1) is 4.79. The normalized spacial score (nSPS) is 9.30. The van der Waals surface area contributed by atoms with Gasteiger partial charge in [0, 0.05) is 6.42 Å². The van der Waals surface area contributed by atoms with Gasteiger partial charge in [-0.05, 0) is 17.2 Å². The van der Waals surface area contributed by atoms with Gasteiger partial charge in [-0.25, -0.2) is 0 Å². The fourth-order valence-corrected chi connectivity index (χ4v) is 0.911. The minimum absolute atomic E-state index is 0.314. The van der Waals surface area contributed by atoms with E-state index in [2.05, 4.69) is 0 Å². The third-order valence-electron chi connectivity index (χ3n) is 1.19. The summed E-state index contributed by atoms with van der Waals surface area (Å²) in [6.07, 6.45) is 0.322. The van der Waals surface area contributed by atoms with Crippen molar-refractivity contribution in [1.29, 1.82) is 0 Å². The molecule has 0 bridgehead atoms. The number of carbonyl (C=O) groups is 1. The molecule has 0 aliphatic rings. The average molecular weight is 157 g/mol. The Morgan fingerprint density at radius 2 is 1.90 bits per heavy atom. The van der Waals surface area contributed by atoms with Crippen molar-refractivity contribution < 1.29 is 4.79 Å². The first kappa shape index (κ1) is 7.29. The smallest absolute Gasteiger partial charge is 0.226 e. The summed E-state index contributed by atoms with van der Waals surface area (Å²) < 4.78 is 0. The molecule has 1 rings (SSSR count). The predicted octanol–water partition coefficient (Wildman–Crippen LogP) is 1.99. The van der Waals surface area contributed by atoms with E-state index in [0.717, 1.165) is 5.56 Å². The van der Waals surface area contributed by atoms with Crippen molar-refractivity contribution in [2.45, 2.75) is 6.42 Å². The Hall–Kier alpha value is -0.820. The third kappa shape index (κ3) is 2.19. The van der Waals surface area contributed by atoms with Crippen LogP contribution in [0.5, 0.6) is 0 Å². The topological polar surface area (TPSA) is 17.1 Å². The molecule has 2 heteroatoms. The van der Waals surface area contributed by atoms with Crippen molar-refractivity contribution in [3.8, 4) is 0 Å². The van der Waals surface area contributed by atoms with Crippen LogP contribution >= 0.6 is 11.6 Å². The van der Waals surface area contributed by atoms with Crippen LogP contribution in [0.3, 0.4) is 0 Å². The second kappa shape index (κ2) is 3.37. The van der Waals surface area contributed by atoms with E-state index < -0.39 is 0 Å². The third-order valence-corrected chi connectivity index (χ3v) is 1.32. The minimum atomic E-state index is -0.314. The molecule has 0 aliphatic carbocycles. The Morgan fingerprint density at radius 3 is 2.40 bits per heavy atom. The van der Waals surface area contributed by atoms with E-state index in [1.807, 2.05) is 30.3 Å². The van der Waals surface area contributed by atoms with Crippen LogP contribution in [0.25, 0.3) is 0 Å². The molecular formula is C8H7ClO. The molecule has 52 valence electrons. The highest BCUT2D eigenvalue weighted by Gasteiger charge is 1.95. The van der Waals surface area contributed by atoms with Crippen LogP contribution < -0.4 is 0 Å². The van der Waals surface area contributed by atoms with E-state index in [0.29, 0.717) is 6.42 Å². The number of hydrogen-bond acceptors (Lipinski definition) is 1. The van der Waals surface area contributed by atoms with Gasteiger partial charge in [0.2, 0.25) is 5.24 Å².